The molecule has 0 saturated heterocycles. The lowest BCUT2D eigenvalue weighted by Gasteiger charge is -2.15. The Labute approximate surface area is 124 Å². The maximum atomic E-state index is 12.3. The Morgan fingerprint density at radius 2 is 1.86 bits per heavy atom. The van der Waals surface area contributed by atoms with Crippen LogP contribution in [0.4, 0.5) is 5.69 Å². The van der Waals surface area contributed by atoms with Gasteiger partial charge in [0.15, 0.2) is 0 Å². The van der Waals surface area contributed by atoms with Crippen LogP contribution in [0, 0.1) is 17.8 Å². The lowest BCUT2D eigenvalue weighted by Crippen LogP contribution is -2.29. The second kappa shape index (κ2) is 6.61. The number of ether oxygens (including phenoxy) is 1. The minimum absolute atomic E-state index is 0.212. The first-order valence-electron chi connectivity index (χ1n) is 7.27. The molecule has 3 atom stereocenters. The van der Waals surface area contributed by atoms with E-state index in [0.29, 0.717) is 25.1 Å². The van der Waals surface area contributed by atoms with E-state index in [1.165, 1.54) is 0 Å². The van der Waals surface area contributed by atoms with E-state index in [-0.39, 0.29) is 11.8 Å². The fourth-order valence-corrected chi connectivity index (χ4v) is 2.89. The highest BCUT2D eigenvalue weighted by Crippen LogP contribution is 2.37. The predicted octanol–water partition coefficient (Wildman–Crippen LogP) is 2.77. The third kappa shape index (κ3) is 3.74. The number of rotatable bonds is 5. The van der Waals surface area contributed by atoms with Gasteiger partial charge < -0.3 is 15.2 Å². The summed E-state index contributed by atoms with van der Waals surface area (Å²) in [5.74, 6) is -1.12. The highest BCUT2D eigenvalue weighted by atomic mass is 16.5. The van der Waals surface area contributed by atoms with Crippen LogP contribution in [0.25, 0.3) is 0 Å². The van der Waals surface area contributed by atoms with Crippen molar-refractivity contribution in [2.75, 3.05) is 11.9 Å². The average molecular weight is 291 g/mol. The minimum atomic E-state index is -0.883. The summed E-state index contributed by atoms with van der Waals surface area (Å²) in [6, 6.07) is 7.09. The fourth-order valence-electron chi connectivity index (χ4n) is 2.89. The summed E-state index contributed by atoms with van der Waals surface area (Å²) in [6.07, 6.45) is 1.19. The first-order chi connectivity index (χ1) is 10.0. The Hall–Kier alpha value is -2.04. The van der Waals surface area contributed by atoms with E-state index in [9.17, 15) is 14.7 Å². The molecule has 2 rings (SSSR count). The molecule has 0 bridgehead atoms. The Kier molecular flexibility index (Phi) is 4.83. The number of carboxylic acid groups (broad SMARTS) is 1. The lowest BCUT2D eigenvalue weighted by molar-refractivity contribution is -0.145. The van der Waals surface area contributed by atoms with Crippen LogP contribution in [-0.2, 0) is 9.59 Å². The second-order valence-electron chi connectivity index (χ2n) is 5.57. The number of hydrogen-bond acceptors (Lipinski definition) is 3. The van der Waals surface area contributed by atoms with Gasteiger partial charge in [-0.15, -0.1) is 0 Å². The molecule has 5 heteroatoms. The van der Waals surface area contributed by atoms with Gasteiger partial charge >= 0.3 is 5.97 Å². The van der Waals surface area contributed by atoms with Crippen molar-refractivity contribution in [2.45, 2.75) is 26.7 Å². The van der Waals surface area contributed by atoms with Crippen LogP contribution in [-0.4, -0.2) is 23.6 Å². The Morgan fingerprint density at radius 3 is 2.43 bits per heavy atom. The van der Waals surface area contributed by atoms with Crippen molar-refractivity contribution in [3.63, 3.8) is 0 Å². The highest BCUT2D eigenvalue weighted by Gasteiger charge is 2.41. The monoisotopic (exact) mass is 291 g/mol. The van der Waals surface area contributed by atoms with Crippen molar-refractivity contribution < 1.29 is 19.4 Å². The van der Waals surface area contributed by atoms with Crippen molar-refractivity contribution in [1.82, 2.24) is 0 Å². The normalized spacial score (nSPS) is 24.6. The summed E-state index contributed by atoms with van der Waals surface area (Å²) < 4.78 is 5.34. The molecule has 1 aromatic rings. The third-order valence-corrected chi connectivity index (χ3v) is 3.89. The van der Waals surface area contributed by atoms with Gasteiger partial charge in [-0.25, -0.2) is 0 Å². The van der Waals surface area contributed by atoms with Gasteiger partial charge in [0.05, 0.1) is 18.4 Å². The molecule has 2 N–H and O–H groups in total. The molecule has 3 unspecified atom stereocenters. The summed E-state index contributed by atoms with van der Waals surface area (Å²) in [4.78, 5) is 23.5. The zero-order chi connectivity index (χ0) is 15.4. The molecule has 0 aliphatic heterocycles. The van der Waals surface area contributed by atoms with Crippen molar-refractivity contribution in [1.29, 1.82) is 0 Å². The van der Waals surface area contributed by atoms with E-state index in [2.05, 4.69) is 5.32 Å². The molecule has 1 saturated carbocycles. The van der Waals surface area contributed by atoms with Crippen LogP contribution in [0.5, 0.6) is 5.75 Å². The first-order valence-corrected chi connectivity index (χ1v) is 7.27. The van der Waals surface area contributed by atoms with Gasteiger partial charge in [-0.2, -0.15) is 0 Å². The van der Waals surface area contributed by atoms with Crippen LogP contribution in [0.15, 0.2) is 24.3 Å². The van der Waals surface area contributed by atoms with E-state index in [4.69, 9.17) is 4.74 Å². The van der Waals surface area contributed by atoms with Gasteiger partial charge in [-0.05, 0) is 49.9 Å². The number of aliphatic carboxylic acids is 1. The Balaban J connectivity index is 2.01. The average Bonchev–Trinajstić information content (AvgIpc) is 2.84. The molecular formula is C16H21NO4. The molecule has 21 heavy (non-hydrogen) atoms. The van der Waals surface area contributed by atoms with E-state index in [0.717, 1.165) is 5.75 Å². The minimum Gasteiger partial charge on any atom is -0.494 e. The molecule has 1 aliphatic rings. The number of carbonyl (C=O) groups is 2. The smallest absolute Gasteiger partial charge is 0.307 e. The zero-order valence-electron chi connectivity index (χ0n) is 12.3. The van der Waals surface area contributed by atoms with Gasteiger partial charge in [0.2, 0.25) is 5.91 Å². The summed E-state index contributed by atoms with van der Waals surface area (Å²) in [7, 11) is 0. The Morgan fingerprint density at radius 1 is 1.24 bits per heavy atom. The topological polar surface area (TPSA) is 75.6 Å². The molecule has 0 aromatic heterocycles. The SMILES string of the molecule is CCOc1ccc(NC(=O)C2CC(C)CC2C(=O)O)cc1. The van der Waals surface area contributed by atoms with Gasteiger partial charge in [0, 0.05) is 5.69 Å². The largest absolute Gasteiger partial charge is 0.494 e. The quantitative estimate of drug-likeness (QED) is 0.874. The number of carboxylic acids is 1. The summed E-state index contributed by atoms with van der Waals surface area (Å²) in [6.45, 7) is 4.48. The number of anilines is 1. The van der Waals surface area contributed by atoms with Crippen LogP contribution in [0.2, 0.25) is 0 Å². The highest BCUT2D eigenvalue weighted by molar-refractivity contribution is 5.95. The van der Waals surface area contributed by atoms with E-state index in [1.54, 1.807) is 24.3 Å². The molecule has 1 aromatic carbocycles. The molecule has 0 heterocycles. The van der Waals surface area contributed by atoms with E-state index >= 15 is 0 Å². The molecule has 1 aliphatic carbocycles. The Bertz CT molecular complexity index is 512. The summed E-state index contributed by atoms with van der Waals surface area (Å²) in [5.41, 5.74) is 0.659. The summed E-state index contributed by atoms with van der Waals surface area (Å²) in [5, 5.41) is 12.0. The van der Waals surface area contributed by atoms with Crippen LogP contribution < -0.4 is 10.1 Å². The van der Waals surface area contributed by atoms with Crippen LogP contribution in [0.3, 0.4) is 0 Å². The second-order valence-corrected chi connectivity index (χ2v) is 5.57. The molecule has 0 spiro atoms. The first kappa shape index (κ1) is 15.4. The van der Waals surface area contributed by atoms with E-state index in [1.807, 2.05) is 13.8 Å². The molecule has 1 fully saturated rings. The molecule has 0 radical (unpaired) electrons. The number of hydrogen-bond donors (Lipinski definition) is 2. The van der Waals surface area contributed by atoms with Crippen molar-refractivity contribution in [3.05, 3.63) is 24.3 Å². The van der Waals surface area contributed by atoms with E-state index < -0.39 is 17.8 Å². The standard InChI is InChI=1S/C16H21NO4/c1-3-21-12-6-4-11(5-7-12)17-15(18)13-8-10(2)9-14(13)16(19)20/h4-7,10,13-14H,3,8-9H2,1-2H3,(H,17,18)(H,19,20). The number of carbonyl (C=O) groups excluding carboxylic acids is 1. The predicted molar refractivity (Wildman–Crippen MR) is 79.3 cm³/mol. The zero-order valence-corrected chi connectivity index (χ0v) is 12.3. The van der Waals surface area contributed by atoms with Gasteiger partial charge in [-0.1, -0.05) is 6.92 Å². The molecular weight excluding hydrogens is 270 g/mol. The number of amides is 1. The molecule has 1 amide bonds. The third-order valence-electron chi connectivity index (χ3n) is 3.89. The van der Waals surface area contributed by atoms with Crippen molar-refractivity contribution in [2.24, 2.45) is 17.8 Å². The van der Waals surface area contributed by atoms with Gasteiger partial charge in [-0.3, -0.25) is 9.59 Å². The van der Waals surface area contributed by atoms with Crippen LogP contribution in [0.1, 0.15) is 26.7 Å². The summed E-state index contributed by atoms with van der Waals surface area (Å²) >= 11 is 0. The fraction of sp³-hybridized carbons (Fsp3) is 0.500. The van der Waals surface area contributed by atoms with Crippen LogP contribution >= 0.6 is 0 Å². The maximum Gasteiger partial charge on any atom is 0.307 e. The number of nitrogens with one attached hydrogen (secondary N) is 1. The van der Waals surface area contributed by atoms with Gasteiger partial charge in [0.25, 0.3) is 0 Å². The molecule has 5 nitrogen and oxygen atoms in total. The van der Waals surface area contributed by atoms with Crippen molar-refractivity contribution >= 4 is 17.6 Å². The number of benzene rings is 1. The molecule has 114 valence electrons. The lowest BCUT2D eigenvalue weighted by atomic mass is 9.95. The van der Waals surface area contributed by atoms with Crippen molar-refractivity contribution in [3.8, 4) is 5.75 Å². The van der Waals surface area contributed by atoms with Gasteiger partial charge in [0.1, 0.15) is 5.75 Å². The maximum absolute atomic E-state index is 12.3.